The lowest BCUT2D eigenvalue weighted by Crippen LogP contribution is -2.43. The van der Waals surface area contributed by atoms with Gasteiger partial charge in [0.25, 0.3) is 5.91 Å². The number of phenols is 1. The van der Waals surface area contributed by atoms with Crippen molar-refractivity contribution in [3.05, 3.63) is 64.7 Å². The maximum atomic E-state index is 13.3. The van der Waals surface area contributed by atoms with E-state index >= 15 is 0 Å². The fourth-order valence-corrected chi connectivity index (χ4v) is 3.09. The number of aromatic hydroxyl groups is 1. The number of aliphatic hydroxyl groups is 1. The van der Waals surface area contributed by atoms with Gasteiger partial charge in [-0.1, -0.05) is 43.3 Å². The summed E-state index contributed by atoms with van der Waals surface area (Å²) in [6.45, 7) is 3.47. The van der Waals surface area contributed by atoms with E-state index in [0.29, 0.717) is 17.0 Å². The molecule has 0 unspecified atom stereocenters. The molecule has 148 valence electrons. The van der Waals surface area contributed by atoms with Crippen LogP contribution in [0.5, 0.6) is 5.75 Å². The molecule has 2 aromatic carbocycles. The summed E-state index contributed by atoms with van der Waals surface area (Å²) in [5, 5.41) is 25.1. The first-order chi connectivity index (χ1) is 13.1. The maximum absolute atomic E-state index is 13.3. The third-order valence-corrected chi connectivity index (χ3v) is 4.80. The van der Waals surface area contributed by atoms with E-state index in [4.69, 9.17) is 0 Å². The molecule has 0 bridgehead atoms. The number of carbonyl (C=O) groups excluding carboxylic acids is 1. The van der Waals surface area contributed by atoms with Gasteiger partial charge >= 0.3 is 6.18 Å². The van der Waals surface area contributed by atoms with Crippen LogP contribution in [0.4, 0.5) is 13.2 Å². The maximum Gasteiger partial charge on any atom is 0.431 e. The number of phenolic OH excluding ortho intramolecular Hbond substituents is 1. The third kappa shape index (κ3) is 3.35. The van der Waals surface area contributed by atoms with Crippen LogP contribution in [0, 0.1) is 6.92 Å². The molecule has 0 saturated heterocycles. The van der Waals surface area contributed by atoms with Gasteiger partial charge in [-0.15, -0.1) is 0 Å². The summed E-state index contributed by atoms with van der Waals surface area (Å²) >= 11 is 0. The van der Waals surface area contributed by atoms with Crippen molar-refractivity contribution < 1.29 is 28.2 Å². The predicted octanol–water partition coefficient (Wildman–Crippen LogP) is 3.87. The van der Waals surface area contributed by atoms with E-state index in [1.807, 2.05) is 6.92 Å². The van der Waals surface area contributed by atoms with Gasteiger partial charge in [-0.2, -0.15) is 23.3 Å². The Kier molecular flexibility index (Phi) is 4.93. The molecule has 2 aromatic rings. The molecule has 1 aliphatic heterocycles. The number of rotatable bonds is 3. The normalized spacial score (nSPS) is 19.6. The fraction of sp³-hybridized carbons (Fsp3) is 0.300. The van der Waals surface area contributed by atoms with Crippen LogP contribution in [0.2, 0.25) is 0 Å². The van der Waals surface area contributed by atoms with Gasteiger partial charge in [-0.25, -0.2) is 0 Å². The van der Waals surface area contributed by atoms with E-state index in [1.54, 1.807) is 25.1 Å². The van der Waals surface area contributed by atoms with Gasteiger partial charge < -0.3 is 10.2 Å². The van der Waals surface area contributed by atoms with Crippen LogP contribution in [-0.4, -0.2) is 33.0 Å². The monoisotopic (exact) mass is 392 g/mol. The van der Waals surface area contributed by atoms with E-state index < -0.39 is 29.9 Å². The lowest BCUT2D eigenvalue weighted by molar-refractivity contribution is -0.0816. The van der Waals surface area contributed by atoms with Crippen LogP contribution >= 0.6 is 0 Å². The summed E-state index contributed by atoms with van der Waals surface area (Å²) in [6.07, 6.45) is -5.00. The van der Waals surface area contributed by atoms with Crippen LogP contribution in [0.3, 0.4) is 0 Å². The Hall–Kier alpha value is -2.87. The standard InChI is InChI=1S/C20H19F3N2O3/c1-3-13-7-9-14(10-8-13)19(28)11-16(20(21,22)23)24-25(19)18(27)15-6-4-5-12(2)17(15)26/h4-10,26,28H,3,11H2,1-2H3/t19-/m1/s1. The van der Waals surface area contributed by atoms with Crippen molar-refractivity contribution in [2.75, 3.05) is 0 Å². The second-order valence-electron chi connectivity index (χ2n) is 6.68. The molecular weight excluding hydrogens is 373 g/mol. The van der Waals surface area contributed by atoms with E-state index in [2.05, 4.69) is 5.10 Å². The third-order valence-electron chi connectivity index (χ3n) is 4.80. The van der Waals surface area contributed by atoms with Gasteiger partial charge in [0.15, 0.2) is 5.72 Å². The van der Waals surface area contributed by atoms with E-state index in [1.165, 1.54) is 24.3 Å². The minimum Gasteiger partial charge on any atom is -0.507 e. The zero-order valence-corrected chi connectivity index (χ0v) is 15.3. The molecule has 0 aliphatic carbocycles. The SMILES string of the molecule is CCc1ccc([C@]2(O)CC(C(F)(F)F)=NN2C(=O)c2cccc(C)c2O)cc1. The lowest BCUT2D eigenvalue weighted by Gasteiger charge is -2.31. The number of benzene rings is 2. The number of hydrogen-bond acceptors (Lipinski definition) is 4. The molecule has 1 amide bonds. The number of carbonyl (C=O) groups is 1. The van der Waals surface area contributed by atoms with Crippen molar-refractivity contribution in [3.63, 3.8) is 0 Å². The van der Waals surface area contributed by atoms with Crippen molar-refractivity contribution in [3.8, 4) is 5.75 Å². The van der Waals surface area contributed by atoms with Crippen LogP contribution in [0.1, 0.15) is 40.4 Å². The second kappa shape index (κ2) is 6.94. The minimum atomic E-state index is -4.80. The topological polar surface area (TPSA) is 73.1 Å². The second-order valence-corrected chi connectivity index (χ2v) is 6.68. The molecule has 28 heavy (non-hydrogen) atoms. The molecule has 0 fully saturated rings. The van der Waals surface area contributed by atoms with E-state index in [0.717, 1.165) is 5.56 Å². The molecule has 0 saturated carbocycles. The number of para-hydroxylation sites is 1. The molecule has 0 aromatic heterocycles. The van der Waals surface area contributed by atoms with Crippen molar-refractivity contribution in [1.82, 2.24) is 5.01 Å². The van der Waals surface area contributed by atoms with Gasteiger partial charge in [0.1, 0.15) is 11.5 Å². The first-order valence-corrected chi connectivity index (χ1v) is 8.67. The molecule has 1 atom stereocenters. The largest absolute Gasteiger partial charge is 0.507 e. The summed E-state index contributed by atoms with van der Waals surface area (Å²) in [7, 11) is 0. The summed E-state index contributed by atoms with van der Waals surface area (Å²) in [5.41, 5.74) is -2.42. The molecule has 3 rings (SSSR count). The molecule has 0 radical (unpaired) electrons. The molecule has 1 aliphatic rings. The Balaban J connectivity index is 2.10. The van der Waals surface area contributed by atoms with Crippen LogP contribution in [0.25, 0.3) is 0 Å². The highest BCUT2D eigenvalue weighted by Crippen LogP contribution is 2.41. The van der Waals surface area contributed by atoms with Gasteiger partial charge in [0, 0.05) is 5.56 Å². The highest BCUT2D eigenvalue weighted by molar-refractivity contribution is 6.01. The Morgan fingerprint density at radius 2 is 1.86 bits per heavy atom. The molecule has 0 spiro atoms. The highest BCUT2D eigenvalue weighted by atomic mass is 19.4. The van der Waals surface area contributed by atoms with Gasteiger partial charge in [-0.3, -0.25) is 4.79 Å². The van der Waals surface area contributed by atoms with E-state index in [9.17, 15) is 28.2 Å². The number of nitrogens with zero attached hydrogens (tertiary/aromatic N) is 2. The number of alkyl halides is 3. The van der Waals surface area contributed by atoms with Gasteiger partial charge in [-0.05, 0) is 30.5 Å². The van der Waals surface area contributed by atoms with Crippen molar-refractivity contribution in [1.29, 1.82) is 0 Å². The Bertz CT molecular complexity index is 939. The minimum absolute atomic E-state index is 0.105. The number of halogens is 3. The number of aryl methyl sites for hydroxylation is 2. The first-order valence-electron chi connectivity index (χ1n) is 8.67. The summed E-state index contributed by atoms with van der Waals surface area (Å²) in [6, 6.07) is 10.6. The Morgan fingerprint density at radius 1 is 1.21 bits per heavy atom. The molecule has 5 nitrogen and oxygen atoms in total. The Morgan fingerprint density at radius 3 is 2.43 bits per heavy atom. The molecular formula is C20H19F3N2O3. The number of hydrogen-bond donors (Lipinski definition) is 2. The quantitative estimate of drug-likeness (QED) is 0.833. The average molecular weight is 392 g/mol. The lowest BCUT2D eigenvalue weighted by atomic mass is 9.95. The van der Waals surface area contributed by atoms with Crippen molar-refractivity contribution in [2.45, 2.75) is 38.6 Å². The average Bonchev–Trinajstić information content (AvgIpc) is 3.03. The van der Waals surface area contributed by atoms with Crippen LogP contribution in [-0.2, 0) is 12.1 Å². The molecule has 1 heterocycles. The van der Waals surface area contributed by atoms with Crippen LogP contribution < -0.4 is 0 Å². The van der Waals surface area contributed by atoms with Crippen LogP contribution in [0.15, 0.2) is 47.6 Å². The van der Waals surface area contributed by atoms with Gasteiger partial charge in [0.05, 0.1) is 12.0 Å². The number of hydrazone groups is 1. The number of amides is 1. The van der Waals surface area contributed by atoms with Gasteiger partial charge in [0.2, 0.25) is 0 Å². The highest BCUT2D eigenvalue weighted by Gasteiger charge is 2.53. The van der Waals surface area contributed by atoms with E-state index in [-0.39, 0.29) is 16.9 Å². The van der Waals surface area contributed by atoms with Crippen molar-refractivity contribution >= 4 is 11.6 Å². The zero-order valence-electron chi connectivity index (χ0n) is 15.3. The summed E-state index contributed by atoms with van der Waals surface area (Å²) < 4.78 is 39.9. The molecule has 2 N–H and O–H groups in total. The van der Waals surface area contributed by atoms with Crippen molar-refractivity contribution in [2.24, 2.45) is 5.10 Å². The fourth-order valence-electron chi connectivity index (χ4n) is 3.09. The predicted molar refractivity (Wildman–Crippen MR) is 96.8 cm³/mol. The first kappa shape index (κ1) is 19.9. The molecule has 8 heteroatoms. The summed E-state index contributed by atoms with van der Waals surface area (Å²) in [5.74, 6) is -1.39. The zero-order chi connectivity index (χ0) is 20.7. The summed E-state index contributed by atoms with van der Waals surface area (Å²) in [4.78, 5) is 12.9. The smallest absolute Gasteiger partial charge is 0.431 e. The Labute approximate surface area is 159 Å².